The van der Waals surface area contributed by atoms with Gasteiger partial charge in [0, 0.05) is 0 Å². The molecule has 0 bridgehead atoms. The van der Waals surface area contributed by atoms with Crippen LogP contribution in [0.1, 0.15) is 32.6 Å². The van der Waals surface area contributed by atoms with Crippen LogP contribution in [0.2, 0.25) is 0 Å². The summed E-state index contributed by atoms with van der Waals surface area (Å²) in [5.41, 5.74) is 0. The molecule has 1 aliphatic rings. The molecule has 1 N–H and O–H groups in total. The lowest BCUT2D eigenvalue weighted by Crippen LogP contribution is -2.24. The van der Waals surface area contributed by atoms with Gasteiger partial charge in [0.15, 0.2) is 6.10 Å². The molecule has 0 radical (unpaired) electrons. The fourth-order valence-corrected chi connectivity index (χ4v) is 1.08. The summed E-state index contributed by atoms with van der Waals surface area (Å²) in [7, 11) is 0. The van der Waals surface area contributed by atoms with Crippen LogP contribution in [0.15, 0.2) is 0 Å². The van der Waals surface area contributed by atoms with Crippen molar-refractivity contribution in [2.45, 2.75) is 38.7 Å². The zero-order valence-corrected chi connectivity index (χ0v) is 7.45. The van der Waals surface area contributed by atoms with Gasteiger partial charge in [0.05, 0.1) is 6.61 Å². The molecule has 0 saturated heterocycles. The summed E-state index contributed by atoms with van der Waals surface area (Å²) in [5, 5.41) is 8.71. The molecule has 0 heterocycles. The molecule has 1 aliphatic carbocycles. The maximum Gasteiger partial charge on any atom is 0.332 e. The lowest BCUT2D eigenvalue weighted by Gasteiger charge is -2.11. The van der Waals surface area contributed by atoms with Crippen molar-refractivity contribution >= 4 is 5.97 Å². The summed E-state index contributed by atoms with van der Waals surface area (Å²) < 4.78 is 5.27. The third-order valence-corrected chi connectivity index (χ3v) is 2.06. The van der Waals surface area contributed by atoms with Gasteiger partial charge in [-0.2, -0.15) is 0 Å². The predicted molar refractivity (Wildman–Crippen MR) is 45.0 cm³/mol. The van der Waals surface area contributed by atoms with Gasteiger partial charge in [-0.25, -0.2) is 4.79 Å². The molecule has 1 fully saturated rings. The van der Waals surface area contributed by atoms with Crippen LogP contribution < -0.4 is 0 Å². The van der Waals surface area contributed by atoms with Crippen LogP contribution in [0.25, 0.3) is 0 Å². The molecule has 12 heavy (non-hydrogen) atoms. The molecule has 70 valence electrons. The highest BCUT2D eigenvalue weighted by Crippen LogP contribution is 2.29. The first-order valence-corrected chi connectivity index (χ1v) is 4.58. The van der Waals surface area contributed by atoms with Crippen LogP contribution in [0.3, 0.4) is 0 Å². The number of carbonyl (C=O) groups is 1. The van der Waals surface area contributed by atoms with Crippen molar-refractivity contribution in [3.8, 4) is 0 Å². The lowest BCUT2D eigenvalue weighted by atomic mass is 10.2. The molecule has 1 atom stereocenters. The highest BCUT2D eigenvalue weighted by atomic mass is 16.5. The number of rotatable bonds is 6. The van der Waals surface area contributed by atoms with Gasteiger partial charge in [-0.3, -0.25) is 0 Å². The second kappa shape index (κ2) is 4.45. The van der Waals surface area contributed by atoms with E-state index in [1.54, 1.807) is 0 Å². The third kappa shape index (κ3) is 3.22. The van der Waals surface area contributed by atoms with Gasteiger partial charge in [-0.1, -0.05) is 13.3 Å². The van der Waals surface area contributed by atoms with Gasteiger partial charge < -0.3 is 9.84 Å². The molecular weight excluding hydrogens is 156 g/mol. The molecular formula is C9H16O3. The van der Waals surface area contributed by atoms with Crippen LogP contribution in [-0.4, -0.2) is 23.8 Å². The van der Waals surface area contributed by atoms with E-state index >= 15 is 0 Å². The number of hydrogen-bond acceptors (Lipinski definition) is 2. The lowest BCUT2D eigenvalue weighted by molar-refractivity contribution is -0.151. The molecule has 0 spiro atoms. The maximum atomic E-state index is 10.6. The van der Waals surface area contributed by atoms with E-state index in [0.29, 0.717) is 18.9 Å². The zero-order chi connectivity index (χ0) is 8.97. The fourth-order valence-electron chi connectivity index (χ4n) is 1.08. The minimum Gasteiger partial charge on any atom is -0.479 e. The number of carboxylic acids is 1. The van der Waals surface area contributed by atoms with Crippen molar-refractivity contribution < 1.29 is 14.6 Å². The van der Waals surface area contributed by atoms with Gasteiger partial charge in [-0.15, -0.1) is 0 Å². The molecule has 0 amide bonds. The normalized spacial score (nSPS) is 19.1. The maximum absolute atomic E-state index is 10.6. The van der Waals surface area contributed by atoms with Gasteiger partial charge in [-0.05, 0) is 25.2 Å². The Morgan fingerprint density at radius 3 is 2.75 bits per heavy atom. The second-order valence-electron chi connectivity index (χ2n) is 3.39. The molecule has 1 unspecified atom stereocenters. The Labute approximate surface area is 72.7 Å². The summed E-state index contributed by atoms with van der Waals surface area (Å²) in [6.45, 7) is 2.60. The van der Waals surface area contributed by atoms with Crippen molar-refractivity contribution in [3.63, 3.8) is 0 Å². The SMILES string of the molecule is CCCC(OCC1CC1)C(=O)O. The topological polar surface area (TPSA) is 46.5 Å². The van der Waals surface area contributed by atoms with E-state index in [9.17, 15) is 4.79 Å². The Bertz CT molecular complexity index is 152. The smallest absolute Gasteiger partial charge is 0.332 e. The van der Waals surface area contributed by atoms with Crippen LogP contribution in [-0.2, 0) is 9.53 Å². The summed E-state index contributed by atoms with van der Waals surface area (Å²) >= 11 is 0. The van der Waals surface area contributed by atoms with Crippen LogP contribution in [0.4, 0.5) is 0 Å². The molecule has 3 nitrogen and oxygen atoms in total. The molecule has 1 saturated carbocycles. The van der Waals surface area contributed by atoms with E-state index in [-0.39, 0.29) is 0 Å². The minimum atomic E-state index is -0.822. The first-order valence-electron chi connectivity index (χ1n) is 4.58. The number of hydrogen-bond donors (Lipinski definition) is 1. The Kier molecular flexibility index (Phi) is 3.53. The second-order valence-corrected chi connectivity index (χ2v) is 3.39. The summed E-state index contributed by atoms with van der Waals surface area (Å²) in [4.78, 5) is 10.6. The molecule has 0 aromatic rings. The predicted octanol–water partition coefficient (Wildman–Crippen LogP) is 1.67. The standard InChI is InChI=1S/C9H16O3/c1-2-3-8(9(10)11)12-6-7-4-5-7/h7-8H,2-6H2,1H3,(H,10,11). The third-order valence-electron chi connectivity index (χ3n) is 2.06. The summed E-state index contributed by atoms with van der Waals surface area (Å²) in [6.07, 6.45) is 3.33. The van der Waals surface area contributed by atoms with Crippen molar-refractivity contribution in [2.75, 3.05) is 6.61 Å². The quantitative estimate of drug-likeness (QED) is 0.662. The zero-order valence-electron chi connectivity index (χ0n) is 7.45. The van der Waals surface area contributed by atoms with Crippen LogP contribution in [0.5, 0.6) is 0 Å². The number of carboxylic acid groups (broad SMARTS) is 1. The Morgan fingerprint density at radius 2 is 2.33 bits per heavy atom. The Balaban J connectivity index is 2.16. The van der Waals surface area contributed by atoms with E-state index in [1.165, 1.54) is 12.8 Å². The van der Waals surface area contributed by atoms with E-state index < -0.39 is 12.1 Å². The number of ether oxygens (including phenoxy) is 1. The molecule has 3 heteroatoms. The fraction of sp³-hybridized carbons (Fsp3) is 0.889. The van der Waals surface area contributed by atoms with Crippen molar-refractivity contribution in [2.24, 2.45) is 5.92 Å². The molecule has 0 aromatic heterocycles. The number of aliphatic carboxylic acids is 1. The van der Waals surface area contributed by atoms with Crippen molar-refractivity contribution in [1.29, 1.82) is 0 Å². The van der Waals surface area contributed by atoms with Crippen molar-refractivity contribution in [1.82, 2.24) is 0 Å². The first-order chi connectivity index (χ1) is 5.74. The van der Waals surface area contributed by atoms with E-state index in [0.717, 1.165) is 6.42 Å². The summed E-state index contributed by atoms with van der Waals surface area (Å²) in [6, 6.07) is 0. The van der Waals surface area contributed by atoms with Crippen LogP contribution >= 0.6 is 0 Å². The largest absolute Gasteiger partial charge is 0.479 e. The van der Waals surface area contributed by atoms with Crippen LogP contribution in [0, 0.1) is 5.92 Å². The minimum absolute atomic E-state index is 0.574. The molecule has 0 aromatic carbocycles. The van der Waals surface area contributed by atoms with E-state index in [2.05, 4.69) is 0 Å². The average Bonchev–Trinajstić information content (AvgIpc) is 2.80. The first kappa shape index (κ1) is 9.52. The monoisotopic (exact) mass is 172 g/mol. The van der Waals surface area contributed by atoms with Gasteiger partial charge in [0.2, 0.25) is 0 Å². The van der Waals surface area contributed by atoms with Gasteiger partial charge >= 0.3 is 5.97 Å². The van der Waals surface area contributed by atoms with Gasteiger partial charge in [0.1, 0.15) is 0 Å². The summed E-state index contributed by atoms with van der Waals surface area (Å²) in [5.74, 6) is -0.179. The van der Waals surface area contributed by atoms with Crippen molar-refractivity contribution in [3.05, 3.63) is 0 Å². The highest BCUT2D eigenvalue weighted by Gasteiger charge is 2.25. The van der Waals surface area contributed by atoms with E-state index in [1.807, 2.05) is 6.92 Å². The van der Waals surface area contributed by atoms with Gasteiger partial charge in [0.25, 0.3) is 0 Å². The highest BCUT2D eigenvalue weighted by molar-refractivity contribution is 5.72. The van der Waals surface area contributed by atoms with E-state index in [4.69, 9.17) is 9.84 Å². The molecule has 0 aliphatic heterocycles. The average molecular weight is 172 g/mol. The molecule has 1 rings (SSSR count). The Hall–Kier alpha value is -0.570. The Morgan fingerprint density at radius 1 is 1.67 bits per heavy atom.